The summed E-state index contributed by atoms with van der Waals surface area (Å²) in [6.07, 6.45) is 1.67. The average molecular weight is 126 g/mol. The fourth-order valence-electron chi connectivity index (χ4n) is 0.615. The molecule has 0 spiro atoms. The zero-order chi connectivity index (χ0) is 6.69. The molecule has 0 fully saturated rings. The first-order valence-corrected chi connectivity index (χ1v) is 3.65. The average Bonchev–Trinajstić information content (AvgIpc) is 1.88. The van der Waals surface area contributed by atoms with Crippen LogP contribution in [0.15, 0.2) is 18.3 Å². The van der Waals surface area contributed by atoms with Gasteiger partial charge in [0.15, 0.2) is 0 Å². The normalized spacial score (nSPS) is 8.56. The van der Waals surface area contributed by atoms with E-state index in [-0.39, 0.29) is 0 Å². The Kier molecular flexibility index (Phi) is 2.23. The Hall–Kier alpha value is -0.360. The third-order valence-corrected chi connectivity index (χ3v) is 1.57. The van der Waals surface area contributed by atoms with Gasteiger partial charge in [0.25, 0.3) is 0 Å². The summed E-state index contributed by atoms with van der Waals surface area (Å²) in [5, 5.41) is 8.40. The fraction of sp³-hybridized carbons (Fsp3) is 0. The van der Waals surface area contributed by atoms with Gasteiger partial charge in [-0.25, -0.2) is 0 Å². The third-order valence-electron chi connectivity index (χ3n) is 1.03. The predicted molar refractivity (Wildman–Crippen MR) is 34.3 cm³/mol. The van der Waals surface area contributed by atoms with E-state index in [0.29, 0.717) is 5.56 Å². The van der Waals surface area contributed by atoms with Crippen LogP contribution in [0.25, 0.3) is 0 Å². The van der Waals surface area contributed by atoms with Crippen molar-refractivity contribution in [2.75, 3.05) is 0 Å². The standard InChI is InChI=1S/C6H3N2.Na/c7-5-6-1-3-8-4-2-6;/h1-3H;. The number of rotatable bonds is 0. The first kappa shape index (κ1) is 6.76. The summed E-state index contributed by atoms with van der Waals surface area (Å²) in [5.41, 5.74) is 0.704. The van der Waals surface area contributed by atoms with Crippen molar-refractivity contribution in [3.8, 4) is 6.07 Å². The minimum absolute atomic E-state index is 0.704. The van der Waals surface area contributed by atoms with Crippen LogP contribution in [0.4, 0.5) is 0 Å². The molecular formula is C6H3N2Na. The topological polar surface area (TPSA) is 36.7 Å². The van der Waals surface area contributed by atoms with E-state index in [4.69, 9.17) is 5.26 Å². The number of nitrogens with zero attached hydrogens (tertiary/aromatic N) is 2. The molecule has 2 nitrogen and oxygen atoms in total. The van der Waals surface area contributed by atoms with E-state index in [2.05, 4.69) is 11.1 Å². The van der Waals surface area contributed by atoms with E-state index < -0.39 is 0 Å². The summed E-state index contributed by atoms with van der Waals surface area (Å²) in [6, 6.07) is 5.57. The van der Waals surface area contributed by atoms with Gasteiger partial charge in [0.05, 0.1) is 0 Å². The van der Waals surface area contributed by atoms with Crippen LogP contribution < -0.4 is 2.94 Å². The third kappa shape index (κ3) is 1.79. The van der Waals surface area contributed by atoms with Crippen LogP contribution in [0.2, 0.25) is 0 Å². The molecule has 0 saturated heterocycles. The van der Waals surface area contributed by atoms with Crippen LogP contribution >= 0.6 is 0 Å². The molecule has 0 N–H and O–H groups in total. The van der Waals surface area contributed by atoms with E-state index in [0.717, 1.165) is 30.9 Å². The SMILES string of the molecule is N#Cc1ccn[c]([Na])c1. The summed E-state index contributed by atoms with van der Waals surface area (Å²) >= 11 is 0.915. The first-order chi connectivity index (χ1) is 4.33. The summed E-state index contributed by atoms with van der Waals surface area (Å²) in [7, 11) is 0. The number of hydrogen-bond donors (Lipinski definition) is 0. The summed E-state index contributed by atoms with van der Waals surface area (Å²) in [6.45, 7) is 0. The van der Waals surface area contributed by atoms with E-state index in [1.54, 1.807) is 12.3 Å². The second-order valence-electron chi connectivity index (χ2n) is 1.80. The molecule has 1 aromatic heterocycles. The molecule has 0 aliphatic carbocycles. The van der Waals surface area contributed by atoms with E-state index in [1.165, 1.54) is 0 Å². The molecule has 0 unspecified atom stereocenters. The van der Waals surface area contributed by atoms with Crippen LogP contribution in [0.5, 0.6) is 0 Å². The van der Waals surface area contributed by atoms with E-state index in [9.17, 15) is 0 Å². The Balaban J connectivity index is 3.12. The number of aromatic nitrogens is 1. The van der Waals surface area contributed by atoms with Crippen LogP contribution in [-0.2, 0) is 0 Å². The monoisotopic (exact) mass is 126 g/mol. The zero-order valence-electron chi connectivity index (χ0n) is 5.13. The Bertz CT molecular complexity index is 251. The van der Waals surface area contributed by atoms with Gasteiger partial charge < -0.3 is 0 Å². The van der Waals surface area contributed by atoms with Gasteiger partial charge in [-0.3, -0.25) is 0 Å². The van der Waals surface area contributed by atoms with Crippen molar-refractivity contribution < 1.29 is 0 Å². The van der Waals surface area contributed by atoms with Crippen molar-refractivity contribution in [1.82, 2.24) is 4.98 Å². The Labute approximate surface area is 70.9 Å². The summed E-state index contributed by atoms with van der Waals surface area (Å²) in [4.78, 5) is 4.00. The van der Waals surface area contributed by atoms with E-state index in [1.807, 2.05) is 6.07 Å². The van der Waals surface area contributed by atoms with Gasteiger partial charge in [-0.15, -0.1) is 0 Å². The van der Waals surface area contributed by atoms with Crippen LogP contribution in [0.3, 0.4) is 0 Å². The first-order valence-electron chi connectivity index (χ1n) is 2.65. The van der Waals surface area contributed by atoms with Crippen molar-refractivity contribution in [1.29, 1.82) is 5.26 Å². The molecule has 0 saturated carbocycles. The molecule has 0 aromatic carbocycles. The molecule has 3 heteroatoms. The molecular weight excluding hydrogens is 123 g/mol. The van der Waals surface area contributed by atoms with Gasteiger partial charge in [0.2, 0.25) is 0 Å². The summed E-state index contributed by atoms with van der Waals surface area (Å²) < 4.78 is 1.02. The van der Waals surface area contributed by atoms with Gasteiger partial charge in [0, 0.05) is 0 Å². The maximum atomic E-state index is 8.40. The van der Waals surface area contributed by atoms with Crippen LogP contribution in [-0.4, -0.2) is 32.9 Å². The van der Waals surface area contributed by atoms with Crippen LogP contribution in [0.1, 0.15) is 5.56 Å². The number of pyridine rings is 1. The van der Waals surface area contributed by atoms with Gasteiger partial charge in [-0.05, 0) is 0 Å². The molecule has 9 heavy (non-hydrogen) atoms. The quantitative estimate of drug-likeness (QED) is 0.449. The molecule has 1 heterocycles. The van der Waals surface area contributed by atoms with Gasteiger partial charge in [-0.1, -0.05) is 0 Å². The van der Waals surface area contributed by atoms with Crippen LogP contribution in [0, 0.1) is 11.3 Å². The second kappa shape index (κ2) is 2.98. The molecule has 0 atom stereocenters. The zero-order valence-corrected chi connectivity index (χ0v) is 7.13. The molecule has 0 aliphatic heterocycles. The predicted octanol–water partition coefficient (Wildman–Crippen LogP) is -0.253. The summed E-state index contributed by atoms with van der Waals surface area (Å²) in [5.74, 6) is 0. The molecule has 0 amide bonds. The molecule has 1 rings (SSSR count). The van der Waals surface area contributed by atoms with Crippen molar-refractivity contribution in [2.45, 2.75) is 0 Å². The number of nitriles is 1. The minimum atomic E-state index is 0.704. The molecule has 0 bridgehead atoms. The Morgan fingerprint density at radius 2 is 2.44 bits per heavy atom. The molecule has 0 radical (unpaired) electrons. The van der Waals surface area contributed by atoms with Crippen molar-refractivity contribution in [3.63, 3.8) is 0 Å². The molecule has 38 valence electrons. The Morgan fingerprint density at radius 1 is 1.67 bits per heavy atom. The number of hydrogen-bond acceptors (Lipinski definition) is 2. The second-order valence-corrected chi connectivity index (χ2v) is 2.82. The molecule has 0 aliphatic rings. The van der Waals surface area contributed by atoms with Crippen molar-refractivity contribution in [3.05, 3.63) is 23.9 Å². The van der Waals surface area contributed by atoms with Crippen molar-refractivity contribution in [2.24, 2.45) is 0 Å². The van der Waals surface area contributed by atoms with Gasteiger partial charge in [-0.2, -0.15) is 0 Å². The van der Waals surface area contributed by atoms with E-state index >= 15 is 0 Å². The Morgan fingerprint density at radius 3 is 2.89 bits per heavy atom. The maximum absolute atomic E-state index is 8.40. The van der Waals surface area contributed by atoms with Crippen molar-refractivity contribution >= 4 is 30.9 Å². The molecule has 1 aromatic rings. The van der Waals surface area contributed by atoms with Gasteiger partial charge in [0.1, 0.15) is 0 Å². The fourth-order valence-corrected chi connectivity index (χ4v) is 1.08. The van der Waals surface area contributed by atoms with Gasteiger partial charge >= 0.3 is 71.1 Å².